The summed E-state index contributed by atoms with van der Waals surface area (Å²) in [6.45, 7) is 2.18. The molecule has 1 unspecified atom stereocenters. The van der Waals surface area contributed by atoms with E-state index in [4.69, 9.17) is 0 Å². The number of anilines is 1. The fraction of sp³-hybridized carbons (Fsp3) is 0.538. The highest BCUT2D eigenvalue weighted by Gasteiger charge is 2.21. The molecule has 4 heteroatoms. The molecule has 1 aliphatic rings. The molecule has 1 aromatic rings. The Balaban J connectivity index is 2.22. The largest absolute Gasteiger partial charge is 0.396 e. The first-order valence-corrected chi connectivity index (χ1v) is 6.79. The summed E-state index contributed by atoms with van der Waals surface area (Å²) in [6, 6.07) is 5.94. The van der Waals surface area contributed by atoms with Gasteiger partial charge in [-0.1, -0.05) is 22.0 Å². The monoisotopic (exact) mass is 299 g/mol. The molecule has 2 rings (SSSR count). The first kappa shape index (κ1) is 12.9. The molecule has 1 atom stereocenters. The van der Waals surface area contributed by atoms with Crippen molar-refractivity contribution < 1.29 is 10.2 Å². The zero-order valence-corrected chi connectivity index (χ0v) is 11.4. The Morgan fingerprint density at radius 1 is 1.35 bits per heavy atom. The van der Waals surface area contributed by atoms with Gasteiger partial charge in [0.15, 0.2) is 0 Å². The van der Waals surface area contributed by atoms with Gasteiger partial charge in [-0.3, -0.25) is 0 Å². The molecular formula is C13H18BrNO2. The lowest BCUT2D eigenvalue weighted by Gasteiger charge is -2.34. The molecule has 2 N–H and O–H groups in total. The molecule has 94 valence electrons. The second-order valence-corrected chi connectivity index (χ2v) is 5.48. The Kier molecular flexibility index (Phi) is 4.42. The molecule has 0 amide bonds. The minimum Gasteiger partial charge on any atom is -0.396 e. The van der Waals surface area contributed by atoms with Crippen molar-refractivity contribution in [3.05, 3.63) is 28.2 Å². The third-order valence-corrected chi connectivity index (χ3v) is 3.83. The maximum Gasteiger partial charge on any atom is 0.0702 e. The standard InChI is InChI=1S/C13H18BrNO2/c14-12-4-3-11(9-17)13(6-12)15-5-1-2-10(7-15)8-16/h3-4,6,10,16-17H,1-2,5,7-9H2. The van der Waals surface area contributed by atoms with Gasteiger partial charge in [-0.05, 0) is 30.9 Å². The summed E-state index contributed by atoms with van der Waals surface area (Å²) in [4.78, 5) is 2.26. The highest BCUT2D eigenvalue weighted by molar-refractivity contribution is 9.10. The summed E-state index contributed by atoms with van der Waals surface area (Å²) >= 11 is 3.47. The number of aliphatic hydroxyl groups excluding tert-OH is 2. The van der Waals surface area contributed by atoms with Crippen LogP contribution >= 0.6 is 15.9 Å². The van der Waals surface area contributed by atoms with E-state index in [0.717, 1.165) is 41.7 Å². The first-order chi connectivity index (χ1) is 8.24. The summed E-state index contributed by atoms with van der Waals surface area (Å²) in [5.74, 6) is 0.356. The SMILES string of the molecule is OCc1ccc(Br)cc1N1CCCC(CO)C1. The van der Waals surface area contributed by atoms with Crippen LogP contribution in [0.25, 0.3) is 0 Å². The lowest BCUT2D eigenvalue weighted by Crippen LogP contribution is -2.37. The fourth-order valence-electron chi connectivity index (χ4n) is 2.40. The molecule has 0 spiro atoms. The van der Waals surface area contributed by atoms with E-state index in [1.165, 1.54) is 0 Å². The predicted molar refractivity (Wildman–Crippen MR) is 72.1 cm³/mol. The predicted octanol–water partition coefficient (Wildman–Crippen LogP) is 2.15. The summed E-state index contributed by atoms with van der Waals surface area (Å²) in [5.41, 5.74) is 2.03. The average molecular weight is 300 g/mol. The molecule has 0 aromatic heterocycles. The average Bonchev–Trinajstić information content (AvgIpc) is 2.39. The highest BCUT2D eigenvalue weighted by atomic mass is 79.9. The lowest BCUT2D eigenvalue weighted by atomic mass is 9.98. The van der Waals surface area contributed by atoms with Crippen molar-refractivity contribution in [1.29, 1.82) is 0 Å². The Hall–Kier alpha value is -0.580. The van der Waals surface area contributed by atoms with Gasteiger partial charge in [0, 0.05) is 35.4 Å². The van der Waals surface area contributed by atoms with Crippen molar-refractivity contribution in [3.63, 3.8) is 0 Å². The van der Waals surface area contributed by atoms with Crippen LogP contribution in [0.5, 0.6) is 0 Å². The van der Waals surface area contributed by atoms with Gasteiger partial charge in [0.05, 0.1) is 6.61 Å². The Labute approximate surface area is 110 Å². The highest BCUT2D eigenvalue weighted by Crippen LogP contribution is 2.29. The van der Waals surface area contributed by atoms with Gasteiger partial charge in [0.1, 0.15) is 0 Å². The molecule has 17 heavy (non-hydrogen) atoms. The van der Waals surface area contributed by atoms with E-state index in [-0.39, 0.29) is 13.2 Å². The van der Waals surface area contributed by atoms with Gasteiger partial charge in [0.25, 0.3) is 0 Å². The Bertz CT molecular complexity index is 384. The van der Waals surface area contributed by atoms with Crippen LogP contribution in [0, 0.1) is 5.92 Å². The topological polar surface area (TPSA) is 43.7 Å². The molecular weight excluding hydrogens is 282 g/mol. The maximum atomic E-state index is 9.37. The molecule has 0 bridgehead atoms. The van der Waals surface area contributed by atoms with Gasteiger partial charge in [-0.2, -0.15) is 0 Å². The van der Waals surface area contributed by atoms with Gasteiger partial charge in [-0.25, -0.2) is 0 Å². The number of hydrogen-bond acceptors (Lipinski definition) is 3. The molecule has 1 heterocycles. The van der Waals surface area contributed by atoms with Crippen molar-refractivity contribution in [2.45, 2.75) is 19.4 Å². The van der Waals surface area contributed by atoms with Crippen molar-refractivity contribution in [3.8, 4) is 0 Å². The van der Waals surface area contributed by atoms with E-state index in [0.29, 0.717) is 5.92 Å². The van der Waals surface area contributed by atoms with Crippen LogP contribution in [-0.4, -0.2) is 29.9 Å². The van der Waals surface area contributed by atoms with Gasteiger partial charge < -0.3 is 15.1 Å². The van der Waals surface area contributed by atoms with E-state index in [1.54, 1.807) is 0 Å². The van der Waals surface area contributed by atoms with Gasteiger partial charge in [0.2, 0.25) is 0 Å². The van der Waals surface area contributed by atoms with Crippen LogP contribution in [0.1, 0.15) is 18.4 Å². The molecule has 1 fully saturated rings. The third-order valence-electron chi connectivity index (χ3n) is 3.34. The van der Waals surface area contributed by atoms with Crippen molar-refractivity contribution >= 4 is 21.6 Å². The fourth-order valence-corrected chi connectivity index (χ4v) is 2.75. The minimum atomic E-state index is 0.0584. The minimum absolute atomic E-state index is 0.0584. The number of benzene rings is 1. The van der Waals surface area contributed by atoms with E-state index < -0.39 is 0 Å². The Morgan fingerprint density at radius 2 is 2.18 bits per heavy atom. The van der Waals surface area contributed by atoms with Crippen LogP contribution in [0.4, 0.5) is 5.69 Å². The van der Waals surface area contributed by atoms with Crippen LogP contribution in [0.15, 0.2) is 22.7 Å². The second kappa shape index (κ2) is 5.85. The molecule has 0 aliphatic carbocycles. The van der Waals surface area contributed by atoms with E-state index in [2.05, 4.69) is 20.8 Å². The van der Waals surface area contributed by atoms with Crippen molar-refractivity contribution in [2.75, 3.05) is 24.6 Å². The van der Waals surface area contributed by atoms with Crippen LogP contribution in [0.2, 0.25) is 0 Å². The summed E-state index contributed by atoms with van der Waals surface area (Å²) in [6.07, 6.45) is 2.19. The third kappa shape index (κ3) is 3.00. The van der Waals surface area contributed by atoms with Crippen LogP contribution < -0.4 is 4.90 Å². The quantitative estimate of drug-likeness (QED) is 0.899. The van der Waals surface area contributed by atoms with Crippen molar-refractivity contribution in [2.24, 2.45) is 5.92 Å². The zero-order valence-electron chi connectivity index (χ0n) is 9.77. The number of hydrogen-bond donors (Lipinski definition) is 2. The molecule has 0 radical (unpaired) electrons. The van der Waals surface area contributed by atoms with E-state index >= 15 is 0 Å². The number of rotatable bonds is 3. The van der Waals surface area contributed by atoms with E-state index in [9.17, 15) is 10.2 Å². The zero-order chi connectivity index (χ0) is 12.3. The number of aliphatic hydroxyl groups is 2. The van der Waals surface area contributed by atoms with Crippen molar-refractivity contribution in [1.82, 2.24) is 0 Å². The van der Waals surface area contributed by atoms with Crippen LogP contribution in [0.3, 0.4) is 0 Å². The summed E-state index contributed by atoms with van der Waals surface area (Å²) < 4.78 is 1.02. The summed E-state index contributed by atoms with van der Waals surface area (Å²) in [5, 5.41) is 18.6. The molecule has 0 saturated carbocycles. The van der Waals surface area contributed by atoms with Gasteiger partial charge in [-0.15, -0.1) is 0 Å². The maximum absolute atomic E-state index is 9.37. The lowest BCUT2D eigenvalue weighted by molar-refractivity contribution is 0.208. The van der Waals surface area contributed by atoms with E-state index in [1.807, 2.05) is 18.2 Å². The normalized spacial score (nSPS) is 20.6. The first-order valence-electron chi connectivity index (χ1n) is 5.99. The summed E-state index contributed by atoms with van der Waals surface area (Å²) in [7, 11) is 0. The Morgan fingerprint density at radius 3 is 2.88 bits per heavy atom. The molecule has 1 aliphatic heterocycles. The molecule has 1 aromatic carbocycles. The smallest absolute Gasteiger partial charge is 0.0702 e. The van der Waals surface area contributed by atoms with Gasteiger partial charge >= 0.3 is 0 Å². The number of nitrogens with zero attached hydrogens (tertiary/aromatic N) is 1. The molecule has 3 nitrogen and oxygen atoms in total. The number of piperidine rings is 1. The molecule has 1 saturated heterocycles. The van der Waals surface area contributed by atoms with Crippen LogP contribution in [-0.2, 0) is 6.61 Å². The second-order valence-electron chi connectivity index (χ2n) is 4.57. The number of halogens is 1.